The van der Waals surface area contributed by atoms with Gasteiger partial charge in [0.25, 0.3) is 0 Å². The quantitative estimate of drug-likeness (QED) is 0.604. The first kappa shape index (κ1) is 9.96. The largest absolute Gasteiger partial charge is 0.379 e. The molecule has 1 aliphatic rings. The van der Waals surface area contributed by atoms with Gasteiger partial charge in [0.05, 0.1) is 19.3 Å². The summed E-state index contributed by atoms with van der Waals surface area (Å²) in [5.74, 6) is 0.710. The molecule has 0 amide bonds. The van der Waals surface area contributed by atoms with Crippen molar-refractivity contribution in [2.45, 2.75) is 25.9 Å². The van der Waals surface area contributed by atoms with Gasteiger partial charge in [0.1, 0.15) is 0 Å². The highest BCUT2D eigenvalue weighted by atomic mass is 16.5. The summed E-state index contributed by atoms with van der Waals surface area (Å²) in [4.78, 5) is 0. The van der Waals surface area contributed by atoms with Gasteiger partial charge in [0.15, 0.2) is 0 Å². The molecule has 0 aromatic carbocycles. The Morgan fingerprint density at radius 2 is 2.08 bits per heavy atom. The lowest BCUT2D eigenvalue weighted by Gasteiger charge is -2.34. The van der Waals surface area contributed by atoms with Crippen LogP contribution in [0.5, 0.6) is 0 Å². The maximum atomic E-state index is 5.53. The summed E-state index contributed by atoms with van der Waals surface area (Å²) in [6.07, 6.45) is 2.74. The number of hydrogen-bond acceptors (Lipinski definition) is 3. The standard InChI is InChI=1S/C9H19NO2/c1-2-11-3-4-12-9-5-8(6-9)7-10/h8-9H,2-7,10H2,1H3. The highest BCUT2D eigenvalue weighted by Gasteiger charge is 2.28. The van der Waals surface area contributed by atoms with E-state index in [1.807, 2.05) is 6.92 Å². The van der Waals surface area contributed by atoms with Crippen molar-refractivity contribution in [2.24, 2.45) is 11.7 Å². The van der Waals surface area contributed by atoms with Gasteiger partial charge in [0.2, 0.25) is 0 Å². The normalized spacial score (nSPS) is 28.5. The zero-order chi connectivity index (χ0) is 8.81. The molecule has 1 saturated carbocycles. The fourth-order valence-corrected chi connectivity index (χ4v) is 1.42. The number of ether oxygens (including phenoxy) is 2. The summed E-state index contributed by atoms with van der Waals surface area (Å²) >= 11 is 0. The Kier molecular flexibility index (Phi) is 4.58. The van der Waals surface area contributed by atoms with Crippen molar-refractivity contribution in [1.29, 1.82) is 0 Å². The SMILES string of the molecule is CCOCCOC1CC(CN)C1. The van der Waals surface area contributed by atoms with Gasteiger partial charge in [-0.3, -0.25) is 0 Å². The van der Waals surface area contributed by atoms with E-state index in [-0.39, 0.29) is 0 Å². The lowest BCUT2D eigenvalue weighted by Crippen LogP contribution is -2.36. The molecule has 12 heavy (non-hydrogen) atoms. The highest BCUT2D eigenvalue weighted by Crippen LogP contribution is 2.28. The van der Waals surface area contributed by atoms with Crippen LogP contribution in [0.2, 0.25) is 0 Å². The summed E-state index contributed by atoms with van der Waals surface area (Å²) < 4.78 is 10.7. The molecular weight excluding hydrogens is 154 g/mol. The van der Waals surface area contributed by atoms with Crippen LogP contribution in [-0.4, -0.2) is 32.5 Å². The van der Waals surface area contributed by atoms with Gasteiger partial charge in [-0.15, -0.1) is 0 Å². The van der Waals surface area contributed by atoms with E-state index < -0.39 is 0 Å². The van der Waals surface area contributed by atoms with E-state index in [1.54, 1.807) is 0 Å². The molecule has 0 radical (unpaired) electrons. The molecule has 3 nitrogen and oxygen atoms in total. The van der Waals surface area contributed by atoms with Crippen LogP contribution in [0, 0.1) is 5.92 Å². The van der Waals surface area contributed by atoms with Gasteiger partial charge in [-0.1, -0.05) is 0 Å². The molecular formula is C9H19NO2. The Labute approximate surface area is 74.2 Å². The van der Waals surface area contributed by atoms with E-state index in [0.717, 1.165) is 39.2 Å². The molecule has 0 saturated heterocycles. The zero-order valence-electron chi connectivity index (χ0n) is 7.79. The van der Waals surface area contributed by atoms with Crippen molar-refractivity contribution in [3.05, 3.63) is 0 Å². The molecule has 1 rings (SSSR count). The predicted octanol–water partition coefficient (Wildman–Crippen LogP) is 0.777. The maximum absolute atomic E-state index is 5.53. The predicted molar refractivity (Wildman–Crippen MR) is 48.0 cm³/mol. The van der Waals surface area contributed by atoms with Gasteiger partial charge >= 0.3 is 0 Å². The van der Waals surface area contributed by atoms with Crippen molar-refractivity contribution < 1.29 is 9.47 Å². The van der Waals surface area contributed by atoms with Crippen LogP contribution < -0.4 is 5.73 Å². The van der Waals surface area contributed by atoms with Gasteiger partial charge < -0.3 is 15.2 Å². The molecule has 0 aromatic heterocycles. The van der Waals surface area contributed by atoms with Crippen molar-refractivity contribution in [1.82, 2.24) is 0 Å². The molecule has 1 aliphatic carbocycles. The minimum Gasteiger partial charge on any atom is -0.379 e. The van der Waals surface area contributed by atoms with E-state index in [2.05, 4.69) is 0 Å². The van der Waals surface area contributed by atoms with E-state index in [4.69, 9.17) is 15.2 Å². The van der Waals surface area contributed by atoms with Crippen LogP contribution >= 0.6 is 0 Å². The number of rotatable bonds is 6. The molecule has 2 N–H and O–H groups in total. The molecule has 72 valence electrons. The van der Waals surface area contributed by atoms with Crippen LogP contribution in [-0.2, 0) is 9.47 Å². The first-order chi connectivity index (χ1) is 5.86. The third kappa shape index (κ3) is 3.09. The minimum absolute atomic E-state index is 0.457. The molecule has 0 bridgehead atoms. The van der Waals surface area contributed by atoms with Gasteiger partial charge in [-0.2, -0.15) is 0 Å². The Balaban J connectivity index is 1.83. The van der Waals surface area contributed by atoms with Gasteiger partial charge in [-0.05, 0) is 32.2 Å². The average Bonchev–Trinajstić information content (AvgIpc) is 2.01. The number of nitrogens with two attached hydrogens (primary N) is 1. The summed E-state index contributed by atoms with van der Waals surface area (Å²) in [5, 5.41) is 0. The Morgan fingerprint density at radius 3 is 2.67 bits per heavy atom. The fraction of sp³-hybridized carbons (Fsp3) is 1.00. The molecule has 3 heteroatoms. The van der Waals surface area contributed by atoms with Crippen LogP contribution in [0.4, 0.5) is 0 Å². The van der Waals surface area contributed by atoms with Crippen LogP contribution in [0.1, 0.15) is 19.8 Å². The third-order valence-corrected chi connectivity index (χ3v) is 2.31. The second kappa shape index (κ2) is 5.51. The molecule has 0 aromatic rings. The van der Waals surface area contributed by atoms with Crippen molar-refractivity contribution in [3.63, 3.8) is 0 Å². The van der Waals surface area contributed by atoms with Gasteiger partial charge in [0, 0.05) is 6.61 Å². The van der Waals surface area contributed by atoms with E-state index in [0.29, 0.717) is 12.0 Å². The van der Waals surface area contributed by atoms with Crippen LogP contribution in [0.25, 0.3) is 0 Å². The maximum Gasteiger partial charge on any atom is 0.0704 e. The average molecular weight is 173 g/mol. The Bertz CT molecular complexity index is 113. The van der Waals surface area contributed by atoms with Crippen molar-refractivity contribution in [3.8, 4) is 0 Å². The molecule has 0 heterocycles. The summed E-state index contributed by atoms with van der Waals surface area (Å²) in [7, 11) is 0. The highest BCUT2D eigenvalue weighted by molar-refractivity contribution is 4.80. The van der Waals surface area contributed by atoms with E-state index in [9.17, 15) is 0 Å². The minimum atomic E-state index is 0.457. The lowest BCUT2D eigenvalue weighted by molar-refractivity contribution is -0.0494. The first-order valence-electron chi connectivity index (χ1n) is 4.76. The Morgan fingerprint density at radius 1 is 1.33 bits per heavy atom. The van der Waals surface area contributed by atoms with Gasteiger partial charge in [-0.25, -0.2) is 0 Å². The smallest absolute Gasteiger partial charge is 0.0704 e. The third-order valence-electron chi connectivity index (χ3n) is 2.31. The van der Waals surface area contributed by atoms with Crippen molar-refractivity contribution in [2.75, 3.05) is 26.4 Å². The summed E-state index contributed by atoms with van der Waals surface area (Å²) in [6.45, 7) is 5.04. The molecule has 1 fully saturated rings. The van der Waals surface area contributed by atoms with Crippen LogP contribution in [0.3, 0.4) is 0 Å². The summed E-state index contributed by atoms with van der Waals surface area (Å²) in [6, 6.07) is 0. The second-order valence-electron chi connectivity index (χ2n) is 3.26. The topological polar surface area (TPSA) is 44.5 Å². The fourth-order valence-electron chi connectivity index (χ4n) is 1.42. The van der Waals surface area contributed by atoms with Crippen molar-refractivity contribution >= 4 is 0 Å². The number of hydrogen-bond donors (Lipinski definition) is 1. The molecule has 0 spiro atoms. The van der Waals surface area contributed by atoms with E-state index >= 15 is 0 Å². The first-order valence-corrected chi connectivity index (χ1v) is 4.76. The monoisotopic (exact) mass is 173 g/mol. The summed E-state index contributed by atoms with van der Waals surface area (Å²) in [5.41, 5.74) is 5.49. The molecule has 0 atom stereocenters. The second-order valence-corrected chi connectivity index (χ2v) is 3.26. The molecule has 0 unspecified atom stereocenters. The Hall–Kier alpha value is -0.120. The van der Waals surface area contributed by atoms with E-state index in [1.165, 1.54) is 0 Å². The lowest BCUT2D eigenvalue weighted by atomic mass is 9.82. The van der Waals surface area contributed by atoms with Crippen LogP contribution in [0.15, 0.2) is 0 Å². The molecule has 0 aliphatic heterocycles. The zero-order valence-corrected chi connectivity index (χ0v) is 7.79.